The number of aliphatic hydroxyl groups excluding tert-OH is 1. The van der Waals surface area contributed by atoms with Gasteiger partial charge in [-0.05, 0) is 12.8 Å². The number of hydrogen-bond donors (Lipinski definition) is 3. The summed E-state index contributed by atoms with van der Waals surface area (Å²) >= 11 is 0. The Bertz CT molecular complexity index is 393. The second-order valence-corrected chi connectivity index (χ2v) is 4.41. The van der Waals surface area contributed by atoms with Crippen molar-refractivity contribution in [2.75, 3.05) is 24.3 Å². The molecule has 1 aromatic heterocycles. The highest BCUT2D eigenvalue weighted by Gasteiger charge is 2.34. The molecule has 0 radical (unpaired) electrons. The lowest BCUT2D eigenvalue weighted by molar-refractivity contribution is 0.213. The smallest absolute Gasteiger partial charge is 0.224 e. The van der Waals surface area contributed by atoms with Crippen molar-refractivity contribution in [2.45, 2.75) is 31.2 Å². The number of halogens is 1. The molecule has 0 saturated heterocycles. The second kappa shape index (κ2) is 4.83. The molecule has 2 rings (SSSR count). The summed E-state index contributed by atoms with van der Waals surface area (Å²) in [5.74, 6) is 0.0176. The van der Waals surface area contributed by atoms with E-state index in [4.69, 9.17) is 0 Å². The van der Waals surface area contributed by atoms with E-state index in [-0.39, 0.29) is 12.4 Å². The summed E-state index contributed by atoms with van der Waals surface area (Å²) in [5, 5.41) is 15.2. The van der Waals surface area contributed by atoms with Crippen LogP contribution in [0.3, 0.4) is 0 Å². The number of rotatable bonds is 4. The molecule has 0 unspecified atom stereocenters. The molecule has 0 atom stereocenters. The predicted octanol–water partition coefficient (Wildman–Crippen LogP) is 1.37. The van der Waals surface area contributed by atoms with Crippen LogP contribution in [0, 0.1) is 5.82 Å². The van der Waals surface area contributed by atoms with Crippen LogP contribution >= 0.6 is 0 Å². The summed E-state index contributed by atoms with van der Waals surface area (Å²) in [4.78, 5) is 7.81. The molecule has 1 heterocycles. The van der Waals surface area contributed by atoms with Gasteiger partial charge in [0, 0.05) is 7.05 Å². The summed E-state index contributed by atoms with van der Waals surface area (Å²) in [7, 11) is 1.67. The average molecular weight is 240 g/mol. The molecule has 6 heteroatoms. The number of hydrogen-bond acceptors (Lipinski definition) is 5. The Morgan fingerprint density at radius 3 is 2.76 bits per heavy atom. The van der Waals surface area contributed by atoms with Crippen LogP contribution in [-0.2, 0) is 0 Å². The zero-order chi connectivity index (χ0) is 12.3. The van der Waals surface area contributed by atoms with Crippen molar-refractivity contribution in [3.8, 4) is 0 Å². The molecule has 1 aromatic rings. The third kappa shape index (κ3) is 2.46. The van der Waals surface area contributed by atoms with Crippen LogP contribution in [-0.4, -0.2) is 34.3 Å². The van der Waals surface area contributed by atoms with Gasteiger partial charge in [-0.3, -0.25) is 0 Å². The summed E-state index contributed by atoms with van der Waals surface area (Å²) in [6, 6.07) is 0. The normalized spacial score (nSPS) is 18.1. The standard InChI is InChI=1S/C11H17FN4O/c1-13-10-14-6-8(12)9(15-10)16-11(7-17)4-2-3-5-11/h6,17H,2-5,7H2,1H3,(H2,13,14,15,16). The van der Waals surface area contributed by atoms with Gasteiger partial charge < -0.3 is 15.7 Å². The van der Waals surface area contributed by atoms with Gasteiger partial charge in [0.15, 0.2) is 11.6 Å². The maximum Gasteiger partial charge on any atom is 0.224 e. The minimum atomic E-state index is -0.497. The lowest BCUT2D eigenvalue weighted by Crippen LogP contribution is -2.39. The van der Waals surface area contributed by atoms with Gasteiger partial charge in [0.05, 0.1) is 18.3 Å². The molecule has 0 spiro atoms. The largest absolute Gasteiger partial charge is 0.394 e. The summed E-state index contributed by atoms with van der Waals surface area (Å²) in [6.45, 7) is -0.00860. The zero-order valence-electron chi connectivity index (χ0n) is 9.83. The Labute approximate surface area is 99.5 Å². The molecule has 5 nitrogen and oxygen atoms in total. The highest BCUT2D eigenvalue weighted by Crippen LogP contribution is 2.32. The van der Waals surface area contributed by atoms with E-state index < -0.39 is 11.4 Å². The molecule has 0 aromatic carbocycles. The quantitative estimate of drug-likeness (QED) is 0.741. The van der Waals surface area contributed by atoms with E-state index in [1.54, 1.807) is 7.05 Å². The average Bonchev–Trinajstić information content (AvgIpc) is 2.81. The van der Waals surface area contributed by atoms with E-state index in [0.717, 1.165) is 31.9 Å². The molecule has 1 fully saturated rings. The second-order valence-electron chi connectivity index (χ2n) is 4.41. The molecule has 1 aliphatic carbocycles. The highest BCUT2D eigenvalue weighted by atomic mass is 19.1. The van der Waals surface area contributed by atoms with Gasteiger partial charge >= 0.3 is 0 Å². The van der Waals surface area contributed by atoms with Crippen molar-refractivity contribution in [3.63, 3.8) is 0 Å². The summed E-state index contributed by atoms with van der Waals surface area (Å²) < 4.78 is 13.6. The molecule has 1 aliphatic rings. The fourth-order valence-electron chi connectivity index (χ4n) is 2.20. The Hall–Kier alpha value is -1.43. The fourth-order valence-corrected chi connectivity index (χ4v) is 2.20. The van der Waals surface area contributed by atoms with E-state index >= 15 is 0 Å². The van der Waals surface area contributed by atoms with Gasteiger partial charge in [-0.1, -0.05) is 12.8 Å². The molecular weight excluding hydrogens is 223 g/mol. The number of anilines is 2. The van der Waals surface area contributed by atoms with Crippen LogP contribution in [0.5, 0.6) is 0 Å². The van der Waals surface area contributed by atoms with Crippen molar-refractivity contribution in [1.29, 1.82) is 0 Å². The van der Waals surface area contributed by atoms with Crippen LogP contribution in [0.1, 0.15) is 25.7 Å². The first-order chi connectivity index (χ1) is 8.19. The lowest BCUT2D eigenvalue weighted by atomic mass is 9.99. The van der Waals surface area contributed by atoms with Crippen molar-refractivity contribution in [3.05, 3.63) is 12.0 Å². The minimum Gasteiger partial charge on any atom is -0.394 e. The third-order valence-corrected chi connectivity index (χ3v) is 3.21. The lowest BCUT2D eigenvalue weighted by Gasteiger charge is -2.28. The first kappa shape index (κ1) is 12.0. The van der Waals surface area contributed by atoms with Gasteiger partial charge in [-0.2, -0.15) is 4.98 Å². The Morgan fingerprint density at radius 2 is 2.18 bits per heavy atom. The van der Waals surface area contributed by atoms with Crippen molar-refractivity contribution in [1.82, 2.24) is 9.97 Å². The molecule has 0 bridgehead atoms. The summed E-state index contributed by atoms with van der Waals surface area (Å²) in [6.07, 6.45) is 4.88. The topological polar surface area (TPSA) is 70.1 Å². The summed E-state index contributed by atoms with van der Waals surface area (Å²) in [5.41, 5.74) is -0.430. The highest BCUT2D eigenvalue weighted by molar-refractivity contribution is 5.43. The maximum absolute atomic E-state index is 13.6. The van der Waals surface area contributed by atoms with Gasteiger partial charge in [0.1, 0.15) is 0 Å². The van der Waals surface area contributed by atoms with Gasteiger partial charge in [0.2, 0.25) is 5.95 Å². The Morgan fingerprint density at radius 1 is 1.47 bits per heavy atom. The van der Waals surface area contributed by atoms with Crippen LogP contribution in [0.15, 0.2) is 6.20 Å². The first-order valence-corrected chi connectivity index (χ1v) is 5.78. The van der Waals surface area contributed by atoms with Crippen molar-refractivity contribution < 1.29 is 9.50 Å². The van der Waals surface area contributed by atoms with Crippen LogP contribution in [0.25, 0.3) is 0 Å². The van der Waals surface area contributed by atoms with Crippen LogP contribution in [0.4, 0.5) is 16.2 Å². The number of aromatic nitrogens is 2. The van der Waals surface area contributed by atoms with Crippen LogP contribution in [0.2, 0.25) is 0 Å². The predicted molar refractivity (Wildman–Crippen MR) is 63.4 cm³/mol. The molecular formula is C11H17FN4O. The van der Waals surface area contributed by atoms with E-state index in [1.165, 1.54) is 0 Å². The molecule has 0 amide bonds. The van der Waals surface area contributed by atoms with Gasteiger partial charge in [-0.15, -0.1) is 0 Å². The molecule has 17 heavy (non-hydrogen) atoms. The van der Waals surface area contributed by atoms with Gasteiger partial charge in [-0.25, -0.2) is 9.37 Å². The monoisotopic (exact) mass is 240 g/mol. The van der Waals surface area contributed by atoms with Crippen molar-refractivity contribution >= 4 is 11.8 Å². The van der Waals surface area contributed by atoms with Gasteiger partial charge in [0.25, 0.3) is 0 Å². The first-order valence-electron chi connectivity index (χ1n) is 5.78. The fraction of sp³-hybridized carbons (Fsp3) is 0.636. The minimum absolute atomic E-state index is 0.00860. The van der Waals surface area contributed by atoms with E-state index in [0.29, 0.717) is 5.95 Å². The number of nitrogens with one attached hydrogen (secondary N) is 2. The molecule has 0 aliphatic heterocycles. The zero-order valence-corrected chi connectivity index (χ0v) is 9.83. The maximum atomic E-state index is 13.6. The molecule has 3 N–H and O–H groups in total. The number of aliphatic hydroxyl groups is 1. The Balaban J connectivity index is 2.22. The van der Waals surface area contributed by atoms with E-state index in [2.05, 4.69) is 20.6 Å². The molecule has 94 valence electrons. The SMILES string of the molecule is CNc1ncc(F)c(NC2(CO)CCCC2)n1. The third-order valence-electron chi connectivity index (χ3n) is 3.21. The number of nitrogens with zero attached hydrogens (tertiary/aromatic N) is 2. The Kier molecular flexibility index (Phi) is 3.42. The van der Waals surface area contributed by atoms with E-state index in [1.807, 2.05) is 0 Å². The van der Waals surface area contributed by atoms with Crippen LogP contribution < -0.4 is 10.6 Å². The van der Waals surface area contributed by atoms with E-state index in [9.17, 15) is 9.50 Å². The van der Waals surface area contributed by atoms with Crippen molar-refractivity contribution in [2.24, 2.45) is 0 Å². The molecule has 1 saturated carbocycles.